The van der Waals surface area contributed by atoms with E-state index in [9.17, 15) is 16.8 Å². The lowest BCUT2D eigenvalue weighted by Gasteiger charge is -2.33. The first kappa shape index (κ1) is 28.3. The molecule has 1 aliphatic heterocycles. The minimum absolute atomic E-state index is 0.0263. The highest BCUT2D eigenvalue weighted by Gasteiger charge is 2.34. The molecule has 9 heteroatoms. The van der Waals surface area contributed by atoms with Gasteiger partial charge in [0.1, 0.15) is 0 Å². The van der Waals surface area contributed by atoms with E-state index in [0.29, 0.717) is 24.3 Å². The van der Waals surface area contributed by atoms with Crippen molar-refractivity contribution < 1.29 is 16.8 Å². The van der Waals surface area contributed by atoms with Gasteiger partial charge in [-0.1, -0.05) is 69.6 Å². The van der Waals surface area contributed by atoms with E-state index in [2.05, 4.69) is 34.5 Å². The Hall–Kier alpha value is -1.26. The first-order chi connectivity index (χ1) is 16.2. The van der Waals surface area contributed by atoms with Crippen LogP contribution < -0.4 is 4.72 Å². The van der Waals surface area contributed by atoms with Gasteiger partial charge in [-0.2, -0.15) is 4.31 Å². The van der Waals surface area contributed by atoms with E-state index in [4.69, 9.17) is 0 Å². The van der Waals surface area contributed by atoms with Gasteiger partial charge in [0.05, 0.1) is 9.79 Å². The zero-order chi connectivity index (χ0) is 26.1. The Morgan fingerprint density at radius 3 is 1.91 bits per heavy atom. The summed E-state index contributed by atoms with van der Waals surface area (Å²) in [5, 5.41) is 0. The van der Waals surface area contributed by atoms with E-state index in [-0.39, 0.29) is 29.2 Å². The first-order valence-corrected chi connectivity index (χ1v) is 15.9. The minimum Gasteiger partial charge on any atom is -0.207 e. The van der Waals surface area contributed by atoms with Crippen LogP contribution in [0.15, 0.2) is 50.7 Å². The van der Waals surface area contributed by atoms with Crippen LogP contribution in [0.2, 0.25) is 0 Å². The van der Waals surface area contributed by atoms with Crippen molar-refractivity contribution >= 4 is 36.0 Å². The third-order valence-corrected chi connectivity index (χ3v) is 10.6. The molecule has 194 valence electrons. The quantitative estimate of drug-likeness (QED) is 0.415. The highest BCUT2D eigenvalue weighted by Crippen LogP contribution is 2.35. The van der Waals surface area contributed by atoms with Crippen LogP contribution in [0.25, 0.3) is 0 Å². The summed E-state index contributed by atoms with van der Waals surface area (Å²) in [6.07, 6.45) is 1.17. The number of hydrogen-bond donors (Lipinski definition) is 1. The Morgan fingerprint density at radius 2 is 1.43 bits per heavy atom. The van der Waals surface area contributed by atoms with Crippen molar-refractivity contribution in [3.8, 4) is 0 Å². The van der Waals surface area contributed by atoms with Crippen LogP contribution in [0, 0.1) is 0 Å². The van der Waals surface area contributed by atoms with Gasteiger partial charge in [-0.15, -0.1) is 0 Å². The fraction of sp³-hybridized carbons (Fsp3) is 0.538. The third-order valence-electron chi connectivity index (χ3n) is 6.51. The van der Waals surface area contributed by atoms with Gasteiger partial charge in [0.25, 0.3) is 0 Å². The maximum atomic E-state index is 13.8. The predicted molar refractivity (Wildman–Crippen MR) is 145 cm³/mol. The summed E-state index contributed by atoms with van der Waals surface area (Å²) >= 11 is 3.33. The molecular formula is C26H37BrN2O4S2. The SMILES string of the molecule is CC(C)c1cc(C(C)C)c(S(=O)(=O)NC2CCCN(S(=O)(=O)c3ccc(Br)cc3)C2)c(C(C)C)c1. The lowest BCUT2D eigenvalue weighted by Crippen LogP contribution is -2.49. The number of benzene rings is 2. The van der Waals surface area contributed by atoms with Crippen LogP contribution in [0.5, 0.6) is 0 Å². The van der Waals surface area contributed by atoms with Crippen molar-refractivity contribution in [1.29, 1.82) is 0 Å². The highest BCUT2D eigenvalue weighted by molar-refractivity contribution is 9.10. The molecule has 1 aliphatic rings. The van der Waals surface area contributed by atoms with E-state index >= 15 is 0 Å². The third kappa shape index (κ3) is 6.36. The van der Waals surface area contributed by atoms with Gasteiger partial charge in [0.2, 0.25) is 20.0 Å². The average molecular weight is 586 g/mol. The molecule has 0 aromatic heterocycles. The molecular weight excluding hydrogens is 548 g/mol. The average Bonchev–Trinajstić information content (AvgIpc) is 2.78. The highest BCUT2D eigenvalue weighted by atomic mass is 79.9. The fourth-order valence-electron chi connectivity index (χ4n) is 4.49. The molecule has 0 aliphatic carbocycles. The molecule has 0 radical (unpaired) electrons. The molecule has 1 fully saturated rings. The van der Waals surface area contributed by atoms with Crippen molar-refractivity contribution in [2.75, 3.05) is 13.1 Å². The number of nitrogens with zero attached hydrogens (tertiary/aromatic N) is 1. The summed E-state index contributed by atoms with van der Waals surface area (Å²) in [7, 11) is -7.58. The Morgan fingerprint density at radius 1 is 0.886 bits per heavy atom. The number of piperidine rings is 1. The minimum atomic E-state index is -3.87. The number of rotatable bonds is 8. The van der Waals surface area contributed by atoms with E-state index in [1.54, 1.807) is 24.3 Å². The van der Waals surface area contributed by atoms with Crippen LogP contribution in [-0.4, -0.2) is 40.3 Å². The topological polar surface area (TPSA) is 83.6 Å². The predicted octanol–water partition coefficient (Wildman–Crippen LogP) is 5.95. The summed E-state index contributed by atoms with van der Waals surface area (Å²) in [4.78, 5) is 0.553. The molecule has 1 unspecified atom stereocenters. The Labute approximate surface area is 219 Å². The fourth-order valence-corrected chi connectivity index (χ4v) is 8.24. The molecule has 2 aromatic carbocycles. The number of hydrogen-bond acceptors (Lipinski definition) is 4. The van der Waals surface area contributed by atoms with Crippen molar-refractivity contribution in [3.05, 3.63) is 57.6 Å². The van der Waals surface area contributed by atoms with Gasteiger partial charge in [-0.05, 0) is 71.6 Å². The Kier molecular flexibility index (Phi) is 8.90. The van der Waals surface area contributed by atoms with Crippen LogP contribution in [-0.2, 0) is 20.0 Å². The molecule has 1 N–H and O–H groups in total. The molecule has 0 spiro atoms. The lowest BCUT2D eigenvalue weighted by molar-refractivity contribution is 0.303. The van der Waals surface area contributed by atoms with E-state index in [1.165, 1.54) is 4.31 Å². The Bertz CT molecular complexity index is 1230. The molecule has 1 heterocycles. The second-order valence-corrected chi connectivity index (χ2v) is 14.8. The van der Waals surface area contributed by atoms with Gasteiger partial charge < -0.3 is 0 Å². The number of halogens is 1. The molecule has 35 heavy (non-hydrogen) atoms. The molecule has 0 amide bonds. The molecule has 1 saturated heterocycles. The summed E-state index contributed by atoms with van der Waals surface area (Å²) in [6.45, 7) is 12.7. The van der Waals surface area contributed by atoms with Crippen molar-refractivity contribution in [3.63, 3.8) is 0 Å². The van der Waals surface area contributed by atoms with Crippen LogP contribution in [0.1, 0.15) is 88.8 Å². The number of sulfonamides is 2. The zero-order valence-corrected chi connectivity index (χ0v) is 24.6. The molecule has 1 atom stereocenters. The first-order valence-electron chi connectivity index (χ1n) is 12.2. The zero-order valence-electron chi connectivity index (χ0n) is 21.4. The summed E-state index contributed by atoms with van der Waals surface area (Å²) in [6, 6.07) is 10.0. The molecule has 6 nitrogen and oxygen atoms in total. The van der Waals surface area contributed by atoms with Gasteiger partial charge in [0, 0.05) is 23.6 Å². The lowest BCUT2D eigenvalue weighted by atomic mass is 9.89. The van der Waals surface area contributed by atoms with E-state index < -0.39 is 26.1 Å². The molecule has 2 aromatic rings. The van der Waals surface area contributed by atoms with Gasteiger partial charge >= 0.3 is 0 Å². The van der Waals surface area contributed by atoms with Crippen LogP contribution in [0.4, 0.5) is 0 Å². The summed E-state index contributed by atoms with van der Waals surface area (Å²) in [5.41, 5.74) is 2.74. The maximum Gasteiger partial charge on any atom is 0.243 e. The standard InChI is InChI=1S/C26H37BrN2O4S2/c1-17(2)20-14-24(18(3)4)26(25(15-20)19(5)6)34(30,31)28-22-8-7-13-29(16-22)35(32,33)23-11-9-21(27)10-12-23/h9-12,14-15,17-19,22,28H,7-8,13,16H2,1-6H3. The monoisotopic (exact) mass is 584 g/mol. The van der Waals surface area contributed by atoms with E-state index in [1.807, 2.05) is 39.8 Å². The molecule has 3 rings (SSSR count). The number of nitrogens with one attached hydrogen (secondary N) is 1. The van der Waals surface area contributed by atoms with Gasteiger partial charge in [0.15, 0.2) is 0 Å². The smallest absolute Gasteiger partial charge is 0.207 e. The second kappa shape index (κ2) is 11.0. The summed E-state index contributed by atoms with van der Waals surface area (Å²) < 4.78 is 59.1. The van der Waals surface area contributed by atoms with Crippen LogP contribution >= 0.6 is 15.9 Å². The van der Waals surface area contributed by atoms with Gasteiger partial charge in [-0.25, -0.2) is 21.6 Å². The van der Waals surface area contributed by atoms with Crippen molar-refractivity contribution in [1.82, 2.24) is 9.03 Å². The summed E-state index contributed by atoms with van der Waals surface area (Å²) in [5.74, 6) is 0.335. The van der Waals surface area contributed by atoms with Gasteiger partial charge in [-0.3, -0.25) is 0 Å². The Balaban J connectivity index is 1.95. The normalized spacial score (nSPS) is 18.1. The van der Waals surface area contributed by atoms with Crippen LogP contribution in [0.3, 0.4) is 0 Å². The molecule has 0 bridgehead atoms. The largest absolute Gasteiger partial charge is 0.243 e. The van der Waals surface area contributed by atoms with Crippen molar-refractivity contribution in [2.45, 2.75) is 88.0 Å². The van der Waals surface area contributed by atoms with Crippen molar-refractivity contribution in [2.24, 2.45) is 0 Å². The molecule has 0 saturated carbocycles. The van der Waals surface area contributed by atoms with E-state index in [0.717, 1.165) is 21.2 Å². The second-order valence-electron chi connectivity index (χ2n) is 10.3. The maximum absolute atomic E-state index is 13.8.